The Labute approximate surface area is 218 Å². The van der Waals surface area contributed by atoms with Crippen molar-refractivity contribution in [3.8, 4) is 28.0 Å². The van der Waals surface area contributed by atoms with Gasteiger partial charge in [0.15, 0.2) is 11.6 Å². The number of aromatic amines is 1. The van der Waals surface area contributed by atoms with Gasteiger partial charge in [-0.05, 0) is 38.6 Å². The van der Waals surface area contributed by atoms with Crippen LogP contribution in [-0.2, 0) is 0 Å². The topological polar surface area (TPSA) is 78.3 Å². The fourth-order valence-electron chi connectivity index (χ4n) is 5.58. The Hall–Kier alpha value is -3.43. The number of nitrogens with zero attached hydrogens (tertiary/aromatic N) is 7. The number of piperazine rings is 1. The predicted octanol–water partition coefficient (Wildman–Crippen LogP) is 3.91. The molecule has 0 unspecified atom stereocenters. The molecule has 0 radical (unpaired) electrons. The van der Waals surface area contributed by atoms with E-state index in [2.05, 4.69) is 56.7 Å². The summed E-state index contributed by atoms with van der Waals surface area (Å²) in [6.07, 6.45) is 12.3. The molecule has 9 nitrogen and oxygen atoms in total. The Bertz CT molecular complexity index is 1360. The van der Waals surface area contributed by atoms with Crippen LogP contribution < -0.4 is 9.64 Å². The number of aromatic nitrogens is 5. The molecule has 0 aromatic carbocycles. The van der Waals surface area contributed by atoms with Crippen LogP contribution in [0.5, 0.6) is 5.75 Å². The molecule has 0 aliphatic carbocycles. The van der Waals surface area contributed by atoms with E-state index < -0.39 is 0 Å². The first-order valence-corrected chi connectivity index (χ1v) is 13.3. The zero-order valence-electron chi connectivity index (χ0n) is 22.0. The van der Waals surface area contributed by atoms with Gasteiger partial charge in [0.2, 0.25) is 0 Å². The number of hydrogen-bond acceptors (Lipinski definition) is 7. The molecule has 9 heteroatoms. The maximum absolute atomic E-state index is 5.77. The lowest BCUT2D eigenvalue weighted by molar-refractivity contribution is 0.187. The second-order valence-corrected chi connectivity index (χ2v) is 10.2. The Morgan fingerprint density at radius 2 is 1.70 bits per heavy atom. The SMILES string of the molecule is CCN1CCC(n2cc(-c3c[nH]c4ncc(-c5cnc(N6CCN(C)CC6)c(OC)c5)cc34)cn2)CC1. The van der Waals surface area contributed by atoms with Crippen molar-refractivity contribution in [3.63, 3.8) is 0 Å². The third-order valence-electron chi connectivity index (χ3n) is 8.01. The normalized spacial score (nSPS) is 18.1. The van der Waals surface area contributed by atoms with E-state index in [4.69, 9.17) is 19.8 Å². The number of H-pyrrole nitrogens is 1. The minimum atomic E-state index is 0.466. The summed E-state index contributed by atoms with van der Waals surface area (Å²) in [5.41, 5.74) is 5.12. The van der Waals surface area contributed by atoms with Crippen LogP contribution in [0.25, 0.3) is 33.3 Å². The van der Waals surface area contributed by atoms with E-state index >= 15 is 0 Å². The van der Waals surface area contributed by atoms with Crippen molar-refractivity contribution in [2.75, 3.05) is 64.9 Å². The van der Waals surface area contributed by atoms with Crippen LogP contribution in [0.1, 0.15) is 25.8 Å². The summed E-state index contributed by atoms with van der Waals surface area (Å²) in [5, 5.41) is 5.83. The van der Waals surface area contributed by atoms with Crippen LogP contribution in [0.2, 0.25) is 0 Å². The van der Waals surface area contributed by atoms with Crippen LogP contribution in [-0.4, -0.2) is 94.5 Å². The standard InChI is InChI=1S/C28H36N8O/c1-4-34-7-5-23(6-8-34)36-19-22(17-32-36)25-18-30-27-24(25)13-20(15-29-27)21-14-26(37-3)28(31-16-21)35-11-9-33(2)10-12-35/h13-19,23H,4-12H2,1-3H3,(H,29,30). The van der Waals surface area contributed by atoms with Crippen LogP contribution in [0.4, 0.5) is 5.82 Å². The Kier molecular flexibility index (Phi) is 6.56. The summed E-state index contributed by atoms with van der Waals surface area (Å²) in [5.74, 6) is 1.71. The molecule has 37 heavy (non-hydrogen) atoms. The molecule has 0 spiro atoms. The smallest absolute Gasteiger partial charge is 0.171 e. The summed E-state index contributed by atoms with van der Waals surface area (Å²) < 4.78 is 7.93. The summed E-state index contributed by atoms with van der Waals surface area (Å²) in [6, 6.07) is 4.74. The first-order chi connectivity index (χ1) is 18.1. The van der Waals surface area contributed by atoms with Crippen LogP contribution >= 0.6 is 0 Å². The number of likely N-dealkylation sites (tertiary alicyclic amines) is 1. The highest BCUT2D eigenvalue weighted by Gasteiger charge is 2.22. The minimum Gasteiger partial charge on any atom is -0.493 e. The quantitative estimate of drug-likeness (QED) is 0.430. The predicted molar refractivity (Wildman–Crippen MR) is 147 cm³/mol. The van der Waals surface area contributed by atoms with Crippen molar-refractivity contribution in [1.29, 1.82) is 0 Å². The van der Waals surface area contributed by atoms with Gasteiger partial charge in [-0.15, -0.1) is 0 Å². The van der Waals surface area contributed by atoms with Crippen LogP contribution in [0, 0.1) is 0 Å². The van der Waals surface area contributed by atoms with Gasteiger partial charge in [-0.3, -0.25) is 4.68 Å². The monoisotopic (exact) mass is 500 g/mol. The van der Waals surface area contributed by atoms with Gasteiger partial charge in [-0.25, -0.2) is 9.97 Å². The molecule has 0 atom stereocenters. The van der Waals surface area contributed by atoms with Crippen LogP contribution in [0.15, 0.2) is 43.1 Å². The molecule has 4 aromatic heterocycles. The van der Waals surface area contributed by atoms with Gasteiger partial charge >= 0.3 is 0 Å². The van der Waals surface area contributed by atoms with Gasteiger partial charge in [-0.2, -0.15) is 5.10 Å². The van der Waals surface area contributed by atoms with E-state index in [1.54, 1.807) is 7.11 Å². The second-order valence-electron chi connectivity index (χ2n) is 10.2. The van der Waals surface area contributed by atoms with E-state index in [-0.39, 0.29) is 0 Å². The molecule has 2 aliphatic heterocycles. The summed E-state index contributed by atoms with van der Waals surface area (Å²) in [6.45, 7) is 9.59. The third kappa shape index (κ3) is 4.69. The van der Waals surface area contributed by atoms with Gasteiger partial charge < -0.3 is 24.4 Å². The number of likely N-dealkylation sites (N-methyl/N-ethyl adjacent to an activating group) is 1. The molecule has 194 valence electrons. The lowest BCUT2D eigenvalue weighted by Crippen LogP contribution is -2.44. The fraction of sp³-hybridized carbons (Fsp3) is 0.464. The Morgan fingerprint density at radius 1 is 0.946 bits per heavy atom. The number of anilines is 1. The molecular formula is C28H36N8O. The van der Waals surface area contributed by atoms with Gasteiger partial charge in [-0.1, -0.05) is 6.92 Å². The van der Waals surface area contributed by atoms with Crippen LogP contribution in [0.3, 0.4) is 0 Å². The first kappa shape index (κ1) is 23.9. The van der Waals surface area contributed by atoms with E-state index in [1.165, 1.54) is 0 Å². The molecule has 2 fully saturated rings. The summed E-state index contributed by atoms with van der Waals surface area (Å²) >= 11 is 0. The number of hydrogen-bond donors (Lipinski definition) is 1. The summed E-state index contributed by atoms with van der Waals surface area (Å²) in [7, 11) is 3.88. The molecular weight excluding hydrogens is 464 g/mol. The van der Waals surface area contributed by atoms with Gasteiger partial charge in [0.1, 0.15) is 5.65 Å². The average molecular weight is 501 g/mol. The lowest BCUT2D eigenvalue weighted by atomic mass is 10.0. The number of pyridine rings is 2. The molecule has 6 rings (SSSR count). The number of ether oxygens (including phenoxy) is 1. The van der Waals surface area contributed by atoms with Crippen molar-refractivity contribution >= 4 is 16.9 Å². The highest BCUT2D eigenvalue weighted by molar-refractivity contribution is 5.95. The maximum Gasteiger partial charge on any atom is 0.171 e. The van der Waals surface area contributed by atoms with Gasteiger partial charge in [0.25, 0.3) is 0 Å². The van der Waals surface area contributed by atoms with E-state index in [0.29, 0.717) is 6.04 Å². The van der Waals surface area contributed by atoms with Crippen molar-refractivity contribution in [2.24, 2.45) is 0 Å². The number of rotatable bonds is 6. The molecule has 2 saturated heterocycles. The lowest BCUT2D eigenvalue weighted by Gasteiger charge is -2.33. The van der Waals surface area contributed by atoms with Crippen molar-refractivity contribution in [1.82, 2.24) is 34.5 Å². The Morgan fingerprint density at radius 3 is 2.46 bits per heavy atom. The van der Waals surface area contributed by atoms with Crippen molar-refractivity contribution in [2.45, 2.75) is 25.8 Å². The molecule has 6 heterocycles. The summed E-state index contributed by atoms with van der Waals surface area (Å²) in [4.78, 5) is 20.0. The van der Waals surface area contributed by atoms with Gasteiger partial charge in [0, 0.05) is 91.7 Å². The largest absolute Gasteiger partial charge is 0.493 e. The highest BCUT2D eigenvalue weighted by atomic mass is 16.5. The van der Waals surface area contributed by atoms with E-state index in [1.807, 2.05) is 24.8 Å². The number of piperidine rings is 1. The molecule has 4 aromatic rings. The van der Waals surface area contributed by atoms with Gasteiger partial charge in [0.05, 0.1) is 19.3 Å². The molecule has 0 bridgehead atoms. The van der Waals surface area contributed by atoms with Crippen molar-refractivity contribution < 1.29 is 4.74 Å². The Balaban J connectivity index is 1.27. The highest BCUT2D eigenvalue weighted by Crippen LogP contribution is 2.35. The number of nitrogens with one attached hydrogen (secondary N) is 1. The second kappa shape index (κ2) is 10.1. The van der Waals surface area contributed by atoms with E-state index in [9.17, 15) is 0 Å². The fourth-order valence-corrected chi connectivity index (χ4v) is 5.58. The van der Waals surface area contributed by atoms with E-state index in [0.717, 1.165) is 104 Å². The zero-order chi connectivity index (χ0) is 25.4. The number of methoxy groups -OCH3 is 1. The zero-order valence-corrected chi connectivity index (χ0v) is 22.0. The minimum absolute atomic E-state index is 0.466. The third-order valence-corrected chi connectivity index (χ3v) is 8.01. The number of fused-ring (bicyclic) bond motifs is 1. The maximum atomic E-state index is 5.77. The first-order valence-electron chi connectivity index (χ1n) is 13.3. The molecule has 1 N–H and O–H groups in total. The average Bonchev–Trinajstić information content (AvgIpc) is 3.60. The molecule has 0 saturated carbocycles. The van der Waals surface area contributed by atoms with Crippen molar-refractivity contribution in [3.05, 3.63) is 43.1 Å². The molecule has 2 aliphatic rings. The molecule has 0 amide bonds.